The number of rotatable bonds is 7. The van der Waals surface area contributed by atoms with E-state index in [1.165, 1.54) is 48.6 Å². The molecule has 40 heavy (non-hydrogen) atoms. The van der Waals surface area contributed by atoms with Crippen molar-refractivity contribution in [2.24, 2.45) is 0 Å². The molecule has 2 aromatic carbocycles. The molecule has 1 amide bonds. The fourth-order valence-corrected chi connectivity index (χ4v) is 4.79. The number of amides is 1. The lowest BCUT2D eigenvalue weighted by atomic mass is 9.80. The topological polar surface area (TPSA) is 174 Å². The van der Waals surface area contributed by atoms with Gasteiger partial charge in [0.1, 0.15) is 17.8 Å². The Morgan fingerprint density at radius 3 is 1.77 bits per heavy atom. The van der Waals surface area contributed by atoms with Crippen LogP contribution in [-0.4, -0.2) is 79.2 Å². The molecule has 11 nitrogen and oxygen atoms in total. The summed E-state index contributed by atoms with van der Waals surface area (Å²) < 4.78 is 11.1. The second-order valence-electron chi connectivity index (χ2n) is 9.89. The van der Waals surface area contributed by atoms with E-state index in [4.69, 9.17) is 9.47 Å². The van der Waals surface area contributed by atoms with Gasteiger partial charge in [0, 0.05) is 31.7 Å². The average molecular weight is 554 g/mol. The van der Waals surface area contributed by atoms with Crippen molar-refractivity contribution in [2.45, 2.75) is 49.9 Å². The lowest BCUT2D eigenvalue weighted by Gasteiger charge is -2.40. The van der Waals surface area contributed by atoms with E-state index in [0.717, 1.165) is 25.0 Å². The van der Waals surface area contributed by atoms with E-state index in [1.54, 1.807) is 4.90 Å². The van der Waals surface area contributed by atoms with Crippen molar-refractivity contribution in [2.75, 3.05) is 13.1 Å². The zero-order valence-electron chi connectivity index (χ0n) is 21.6. The molecule has 1 aliphatic heterocycles. The van der Waals surface area contributed by atoms with Crippen LogP contribution in [0, 0.1) is 0 Å². The molecule has 1 saturated carbocycles. The van der Waals surface area contributed by atoms with Crippen molar-refractivity contribution in [3.8, 4) is 23.0 Å². The smallest absolute Gasteiger partial charge is 0.331 e. The summed E-state index contributed by atoms with van der Waals surface area (Å²) in [5, 5.41) is 49.4. The van der Waals surface area contributed by atoms with Crippen LogP contribution in [0.5, 0.6) is 23.0 Å². The minimum Gasteiger partial charge on any atom is -0.504 e. The highest BCUT2D eigenvalue weighted by Gasteiger charge is 2.49. The normalized spacial score (nSPS) is 23.0. The van der Waals surface area contributed by atoms with Crippen LogP contribution in [0.15, 0.2) is 48.6 Å². The maximum Gasteiger partial charge on any atom is 0.331 e. The molecule has 212 valence electrons. The molecule has 1 saturated heterocycles. The number of aromatic hydroxyl groups is 4. The van der Waals surface area contributed by atoms with E-state index in [1.807, 2.05) is 0 Å². The largest absolute Gasteiger partial charge is 0.504 e. The Balaban J connectivity index is 1.47. The zero-order chi connectivity index (χ0) is 28.9. The number of ether oxygens (including phenoxy) is 2. The number of esters is 2. The van der Waals surface area contributed by atoms with Crippen molar-refractivity contribution in [3.63, 3.8) is 0 Å². The fraction of sp³-hybridized carbons (Fsp3) is 0.345. The first-order chi connectivity index (χ1) is 19.0. The van der Waals surface area contributed by atoms with Gasteiger partial charge in [0.15, 0.2) is 23.0 Å². The number of nitrogens with zero attached hydrogens (tertiary/aromatic N) is 1. The third-order valence-electron chi connectivity index (χ3n) is 6.95. The molecule has 0 radical (unpaired) electrons. The van der Waals surface area contributed by atoms with Gasteiger partial charge in [-0.3, -0.25) is 4.79 Å². The van der Waals surface area contributed by atoms with Crippen LogP contribution >= 0.6 is 0 Å². The number of carbonyl (C=O) groups excluding carboxylic acids is 3. The number of hydrogen-bond donors (Lipinski definition) is 5. The predicted molar refractivity (Wildman–Crippen MR) is 142 cm³/mol. The molecule has 2 aliphatic rings. The van der Waals surface area contributed by atoms with Crippen molar-refractivity contribution in [3.05, 3.63) is 59.7 Å². The van der Waals surface area contributed by atoms with Crippen LogP contribution in [0.25, 0.3) is 12.2 Å². The Hall–Kier alpha value is -4.51. The Labute approximate surface area is 230 Å². The molecular weight excluding hydrogens is 522 g/mol. The van der Waals surface area contributed by atoms with Crippen LogP contribution in [0.1, 0.15) is 43.2 Å². The zero-order valence-corrected chi connectivity index (χ0v) is 21.6. The number of phenols is 4. The van der Waals surface area contributed by atoms with Gasteiger partial charge in [-0.15, -0.1) is 0 Å². The Kier molecular flexibility index (Phi) is 8.64. The molecule has 0 unspecified atom stereocenters. The summed E-state index contributed by atoms with van der Waals surface area (Å²) in [6.07, 6.45) is 4.29. The number of carbonyl (C=O) groups is 3. The first-order valence-corrected chi connectivity index (χ1v) is 12.9. The SMILES string of the molecule is O=C(/C=C/c1ccc(O)c(O)c1)O[C@@H]1CC[C@@](O)(C(=O)N2CCCC2)C[C@H]1OC(=O)/C=C/c1ccc(O)c(O)c1. The fourth-order valence-electron chi connectivity index (χ4n) is 4.79. The number of phenolic OH excluding ortho intramolecular Hbond substituents is 4. The Morgan fingerprint density at radius 1 is 0.775 bits per heavy atom. The maximum absolute atomic E-state index is 13.1. The minimum atomic E-state index is -1.79. The second-order valence-corrected chi connectivity index (χ2v) is 9.89. The lowest BCUT2D eigenvalue weighted by Crippen LogP contribution is -2.56. The van der Waals surface area contributed by atoms with Crippen molar-refractivity contribution in [1.29, 1.82) is 0 Å². The van der Waals surface area contributed by atoms with Crippen molar-refractivity contribution in [1.82, 2.24) is 4.90 Å². The Bertz CT molecular complexity index is 1330. The van der Waals surface area contributed by atoms with E-state index in [2.05, 4.69) is 0 Å². The summed E-state index contributed by atoms with van der Waals surface area (Å²) in [5.41, 5.74) is -0.954. The number of aliphatic hydroxyl groups is 1. The van der Waals surface area contributed by atoms with E-state index < -0.39 is 35.7 Å². The molecule has 5 N–H and O–H groups in total. The molecule has 2 aromatic rings. The number of benzene rings is 2. The molecule has 3 atom stereocenters. The number of hydrogen-bond acceptors (Lipinski definition) is 10. The van der Waals surface area contributed by atoms with E-state index in [0.29, 0.717) is 24.2 Å². The lowest BCUT2D eigenvalue weighted by molar-refractivity contribution is -0.183. The first-order valence-electron chi connectivity index (χ1n) is 12.9. The van der Waals surface area contributed by atoms with Crippen molar-refractivity contribution < 1.29 is 49.4 Å². The Morgan fingerprint density at radius 2 is 1.27 bits per heavy atom. The van der Waals surface area contributed by atoms with Gasteiger partial charge in [0.2, 0.25) is 0 Å². The first kappa shape index (κ1) is 28.5. The van der Waals surface area contributed by atoms with E-state index in [9.17, 15) is 39.9 Å². The molecule has 1 heterocycles. The van der Waals surface area contributed by atoms with Crippen LogP contribution in [0.4, 0.5) is 0 Å². The molecular formula is C29H31NO10. The molecule has 0 spiro atoms. The summed E-state index contributed by atoms with van der Waals surface area (Å²) in [7, 11) is 0. The highest BCUT2D eigenvalue weighted by atomic mass is 16.6. The third kappa shape index (κ3) is 6.92. The van der Waals surface area contributed by atoms with Crippen LogP contribution in [0.2, 0.25) is 0 Å². The molecule has 2 fully saturated rings. The predicted octanol–water partition coefficient (Wildman–Crippen LogP) is 2.60. The minimum absolute atomic E-state index is 0.00645. The van der Waals surface area contributed by atoms with Gasteiger partial charge in [-0.1, -0.05) is 12.1 Å². The van der Waals surface area contributed by atoms with Gasteiger partial charge in [-0.2, -0.15) is 0 Å². The molecule has 0 aromatic heterocycles. The van der Waals surface area contributed by atoms with Gasteiger partial charge >= 0.3 is 11.9 Å². The highest BCUT2D eigenvalue weighted by molar-refractivity contribution is 5.89. The third-order valence-corrected chi connectivity index (χ3v) is 6.95. The monoisotopic (exact) mass is 553 g/mol. The molecule has 0 bridgehead atoms. The van der Waals surface area contributed by atoms with Gasteiger partial charge in [-0.05, 0) is 73.2 Å². The summed E-state index contributed by atoms with van der Waals surface area (Å²) in [4.78, 5) is 39.9. The molecule has 4 rings (SSSR count). The van der Waals surface area contributed by atoms with Crippen LogP contribution in [0.3, 0.4) is 0 Å². The molecule has 11 heteroatoms. The van der Waals surface area contributed by atoms with E-state index >= 15 is 0 Å². The van der Waals surface area contributed by atoms with Gasteiger partial charge in [-0.25, -0.2) is 9.59 Å². The molecule has 1 aliphatic carbocycles. The van der Waals surface area contributed by atoms with Crippen LogP contribution in [-0.2, 0) is 23.9 Å². The summed E-state index contributed by atoms with van der Waals surface area (Å²) in [5.74, 6) is -3.39. The van der Waals surface area contributed by atoms with Crippen LogP contribution < -0.4 is 0 Å². The van der Waals surface area contributed by atoms with Gasteiger partial charge < -0.3 is 39.9 Å². The second kappa shape index (κ2) is 12.1. The van der Waals surface area contributed by atoms with E-state index in [-0.39, 0.29) is 42.3 Å². The number of likely N-dealkylation sites (tertiary alicyclic amines) is 1. The maximum atomic E-state index is 13.1. The highest BCUT2D eigenvalue weighted by Crippen LogP contribution is 2.35. The van der Waals surface area contributed by atoms with Crippen molar-refractivity contribution >= 4 is 30.0 Å². The average Bonchev–Trinajstić information content (AvgIpc) is 3.46. The standard InChI is InChI=1S/C29H31NO10/c31-20-7-3-18(15-22(20)33)5-9-26(35)39-24-11-12-29(38,28(37)30-13-1-2-14-30)17-25(24)40-27(36)10-6-19-4-8-21(32)23(34)16-19/h3-10,15-16,24-25,31-34,38H,1-2,11-14,17H2/b9-5+,10-6+/t24-,25-,29+/m1/s1. The summed E-state index contributed by atoms with van der Waals surface area (Å²) in [6.45, 7) is 1.06. The van der Waals surface area contributed by atoms with Gasteiger partial charge in [0.05, 0.1) is 0 Å². The van der Waals surface area contributed by atoms with Gasteiger partial charge in [0.25, 0.3) is 5.91 Å². The summed E-state index contributed by atoms with van der Waals surface area (Å²) >= 11 is 0. The summed E-state index contributed by atoms with van der Waals surface area (Å²) in [6, 6.07) is 7.98. The quantitative estimate of drug-likeness (QED) is 0.195.